The average Bonchev–Trinajstić information content (AvgIpc) is 2.03. The van der Waals surface area contributed by atoms with Crippen LogP contribution in [-0.4, -0.2) is 6.29 Å². The maximum Gasteiger partial charge on any atom is 0.123 e. The van der Waals surface area contributed by atoms with Gasteiger partial charge < -0.3 is 4.79 Å². The summed E-state index contributed by atoms with van der Waals surface area (Å²) in [5.74, 6) is 0.941. The number of rotatable bonds is 2. The van der Waals surface area contributed by atoms with E-state index in [0.29, 0.717) is 11.3 Å². The van der Waals surface area contributed by atoms with Crippen molar-refractivity contribution in [2.24, 2.45) is 17.3 Å². The van der Waals surface area contributed by atoms with Crippen molar-refractivity contribution in [3.05, 3.63) is 0 Å². The summed E-state index contributed by atoms with van der Waals surface area (Å²) < 4.78 is 0. The molecule has 0 amide bonds. The number of carbonyl (C=O) groups excluding carboxylic acids is 1. The van der Waals surface area contributed by atoms with E-state index in [1.54, 1.807) is 0 Å². The second-order valence-electron chi connectivity index (χ2n) is 5.00. The zero-order chi connectivity index (χ0) is 9.19. The van der Waals surface area contributed by atoms with Crippen molar-refractivity contribution in [2.45, 2.75) is 46.5 Å². The molecule has 0 bridgehead atoms. The summed E-state index contributed by atoms with van der Waals surface area (Å²) in [7, 11) is 0. The molecule has 12 heavy (non-hydrogen) atoms. The minimum Gasteiger partial charge on any atom is -0.303 e. The summed E-state index contributed by atoms with van der Waals surface area (Å²) >= 11 is 0. The molecule has 0 N–H and O–H groups in total. The molecule has 0 saturated heterocycles. The lowest BCUT2D eigenvalue weighted by Gasteiger charge is -2.35. The molecule has 1 fully saturated rings. The van der Waals surface area contributed by atoms with Gasteiger partial charge in [0.15, 0.2) is 0 Å². The van der Waals surface area contributed by atoms with Crippen LogP contribution in [0.5, 0.6) is 0 Å². The molecule has 0 spiro atoms. The van der Waals surface area contributed by atoms with Gasteiger partial charge in [-0.15, -0.1) is 0 Å². The Balaban J connectivity index is 2.40. The van der Waals surface area contributed by atoms with Crippen molar-refractivity contribution in [2.75, 3.05) is 0 Å². The predicted octanol–water partition coefficient (Wildman–Crippen LogP) is 3.04. The highest BCUT2D eigenvalue weighted by Crippen LogP contribution is 2.40. The number of hydrogen-bond acceptors (Lipinski definition) is 1. The Morgan fingerprint density at radius 2 is 1.83 bits per heavy atom. The number of hydrogen-bond donors (Lipinski definition) is 0. The summed E-state index contributed by atoms with van der Waals surface area (Å²) in [6, 6.07) is 0. The van der Waals surface area contributed by atoms with Crippen molar-refractivity contribution < 1.29 is 4.79 Å². The number of aldehydes is 1. The van der Waals surface area contributed by atoms with Gasteiger partial charge >= 0.3 is 0 Å². The highest BCUT2D eigenvalue weighted by atomic mass is 16.1. The van der Waals surface area contributed by atoms with E-state index < -0.39 is 0 Å². The second kappa shape index (κ2) is 3.59. The largest absolute Gasteiger partial charge is 0.303 e. The Hall–Kier alpha value is -0.330. The van der Waals surface area contributed by atoms with Gasteiger partial charge in [-0.1, -0.05) is 20.8 Å². The zero-order valence-corrected chi connectivity index (χ0v) is 8.47. The van der Waals surface area contributed by atoms with Gasteiger partial charge in [0.05, 0.1) is 0 Å². The monoisotopic (exact) mass is 168 g/mol. The van der Waals surface area contributed by atoms with E-state index in [2.05, 4.69) is 20.8 Å². The molecule has 1 aliphatic carbocycles. The lowest BCUT2D eigenvalue weighted by Crippen LogP contribution is -2.25. The molecular weight excluding hydrogens is 148 g/mol. The van der Waals surface area contributed by atoms with E-state index in [0.717, 1.165) is 6.29 Å². The van der Waals surface area contributed by atoms with E-state index in [4.69, 9.17) is 0 Å². The third kappa shape index (κ3) is 2.33. The molecule has 1 nitrogen and oxygen atoms in total. The van der Waals surface area contributed by atoms with Crippen LogP contribution in [0.3, 0.4) is 0 Å². The molecule has 0 aromatic carbocycles. The highest BCUT2D eigenvalue weighted by molar-refractivity contribution is 5.53. The van der Waals surface area contributed by atoms with Crippen molar-refractivity contribution in [1.82, 2.24) is 0 Å². The Morgan fingerprint density at radius 1 is 1.33 bits per heavy atom. The molecule has 1 heteroatoms. The van der Waals surface area contributed by atoms with Crippen LogP contribution in [0.2, 0.25) is 0 Å². The third-order valence-electron chi connectivity index (χ3n) is 3.34. The Bertz CT molecular complexity index is 150. The maximum atomic E-state index is 10.6. The molecule has 0 heterocycles. The third-order valence-corrected chi connectivity index (χ3v) is 3.34. The second-order valence-corrected chi connectivity index (χ2v) is 5.00. The van der Waals surface area contributed by atoms with Gasteiger partial charge in [0.25, 0.3) is 0 Å². The van der Waals surface area contributed by atoms with E-state index in [-0.39, 0.29) is 5.92 Å². The van der Waals surface area contributed by atoms with Crippen LogP contribution in [0.15, 0.2) is 0 Å². The van der Waals surface area contributed by atoms with E-state index in [1.165, 1.54) is 25.7 Å². The van der Waals surface area contributed by atoms with Gasteiger partial charge in [0, 0.05) is 5.92 Å². The molecule has 1 saturated carbocycles. The van der Waals surface area contributed by atoms with Crippen LogP contribution in [0.1, 0.15) is 46.5 Å². The van der Waals surface area contributed by atoms with Gasteiger partial charge in [-0.05, 0) is 37.0 Å². The first-order valence-electron chi connectivity index (χ1n) is 5.00. The number of carbonyl (C=O) groups is 1. The molecule has 0 aromatic rings. The smallest absolute Gasteiger partial charge is 0.123 e. The first-order valence-corrected chi connectivity index (χ1v) is 5.00. The van der Waals surface area contributed by atoms with Crippen LogP contribution >= 0.6 is 0 Å². The van der Waals surface area contributed by atoms with Crippen LogP contribution < -0.4 is 0 Å². The van der Waals surface area contributed by atoms with E-state index in [9.17, 15) is 4.79 Å². The Kier molecular flexibility index (Phi) is 2.92. The fourth-order valence-corrected chi connectivity index (χ4v) is 2.06. The molecular formula is C11H20O. The minimum absolute atomic E-state index is 0.279. The van der Waals surface area contributed by atoms with Crippen LogP contribution in [0, 0.1) is 17.3 Å². The summed E-state index contributed by atoms with van der Waals surface area (Å²) in [6.45, 7) is 6.71. The summed E-state index contributed by atoms with van der Waals surface area (Å²) in [6.07, 6.45) is 6.18. The van der Waals surface area contributed by atoms with Crippen molar-refractivity contribution in [3.8, 4) is 0 Å². The average molecular weight is 168 g/mol. The Morgan fingerprint density at radius 3 is 2.25 bits per heavy atom. The lowest BCUT2D eigenvalue weighted by molar-refractivity contribution is -0.112. The lowest BCUT2D eigenvalue weighted by atomic mass is 9.70. The van der Waals surface area contributed by atoms with Gasteiger partial charge in [-0.3, -0.25) is 0 Å². The van der Waals surface area contributed by atoms with Gasteiger partial charge in [-0.25, -0.2) is 0 Å². The van der Waals surface area contributed by atoms with Gasteiger partial charge in [0.2, 0.25) is 0 Å². The standard InChI is InChI=1S/C11H20O/c1-9(8-12)10-4-6-11(2,3)7-5-10/h8-10H,4-7H2,1-3H3. The first kappa shape index (κ1) is 9.76. The molecule has 1 aliphatic rings. The summed E-state index contributed by atoms with van der Waals surface area (Å²) in [5.41, 5.74) is 0.527. The molecule has 1 unspecified atom stereocenters. The van der Waals surface area contributed by atoms with E-state index >= 15 is 0 Å². The van der Waals surface area contributed by atoms with Crippen molar-refractivity contribution in [3.63, 3.8) is 0 Å². The first-order chi connectivity index (χ1) is 5.55. The normalized spacial score (nSPS) is 26.6. The van der Waals surface area contributed by atoms with Crippen molar-refractivity contribution >= 4 is 6.29 Å². The summed E-state index contributed by atoms with van der Waals surface area (Å²) in [4.78, 5) is 10.6. The molecule has 0 aromatic heterocycles. The minimum atomic E-state index is 0.279. The fourth-order valence-electron chi connectivity index (χ4n) is 2.06. The molecule has 1 rings (SSSR count). The highest BCUT2D eigenvalue weighted by Gasteiger charge is 2.29. The summed E-state index contributed by atoms with van der Waals surface area (Å²) in [5, 5.41) is 0. The molecule has 70 valence electrons. The van der Waals surface area contributed by atoms with Crippen LogP contribution in [-0.2, 0) is 4.79 Å². The molecule has 1 atom stereocenters. The quantitative estimate of drug-likeness (QED) is 0.579. The van der Waals surface area contributed by atoms with Gasteiger partial charge in [0.1, 0.15) is 6.29 Å². The molecule has 0 aliphatic heterocycles. The fraction of sp³-hybridized carbons (Fsp3) is 0.909. The van der Waals surface area contributed by atoms with Crippen LogP contribution in [0.4, 0.5) is 0 Å². The van der Waals surface area contributed by atoms with Crippen molar-refractivity contribution in [1.29, 1.82) is 0 Å². The van der Waals surface area contributed by atoms with E-state index in [1.807, 2.05) is 0 Å². The Labute approximate surface area is 75.5 Å². The topological polar surface area (TPSA) is 17.1 Å². The van der Waals surface area contributed by atoms with Crippen LogP contribution in [0.25, 0.3) is 0 Å². The molecule has 0 radical (unpaired) electrons. The SMILES string of the molecule is CC(C=O)C1CCC(C)(C)CC1. The predicted molar refractivity (Wildman–Crippen MR) is 51.0 cm³/mol. The zero-order valence-electron chi connectivity index (χ0n) is 8.47. The maximum absolute atomic E-state index is 10.6. The van der Waals surface area contributed by atoms with Gasteiger partial charge in [-0.2, -0.15) is 0 Å².